The number of aryl methyl sites for hydroxylation is 2. The van der Waals surface area contributed by atoms with Crippen LogP contribution in [0.4, 0.5) is 9.59 Å². The third kappa shape index (κ3) is 9.22. The zero-order valence-electron chi connectivity index (χ0n) is 25.8. The highest BCUT2D eigenvalue weighted by Gasteiger charge is 2.50. The molecule has 1 spiro atoms. The molecule has 0 atom stereocenters. The van der Waals surface area contributed by atoms with E-state index >= 15 is 0 Å². The molecule has 1 aliphatic carbocycles. The van der Waals surface area contributed by atoms with Crippen molar-refractivity contribution in [2.45, 2.75) is 78.9 Å². The highest BCUT2D eigenvalue weighted by atomic mass is 32.2. The van der Waals surface area contributed by atoms with Crippen LogP contribution in [0.5, 0.6) is 0 Å². The number of nitrogens with zero attached hydrogens (tertiary/aromatic N) is 1. The number of ether oxygens (including phenoxy) is 3. The fraction of sp³-hybridized carbons (Fsp3) is 0.600. The van der Waals surface area contributed by atoms with Crippen molar-refractivity contribution in [2.75, 3.05) is 32.8 Å². The second-order valence-electron chi connectivity index (χ2n) is 11.1. The van der Waals surface area contributed by atoms with Crippen LogP contribution in [0.25, 0.3) is 5.57 Å². The van der Waals surface area contributed by atoms with Crippen LogP contribution < -0.4 is 10.6 Å². The summed E-state index contributed by atoms with van der Waals surface area (Å²) in [6, 6.07) is 5.93. The van der Waals surface area contributed by atoms with E-state index in [0.29, 0.717) is 24.2 Å². The minimum Gasteiger partial charge on any atom is -0.434 e. The third-order valence-electron chi connectivity index (χ3n) is 7.06. The number of carbonyl (C=O) groups excluding carboxylic acids is 3. The fourth-order valence-corrected chi connectivity index (χ4v) is 5.40. The summed E-state index contributed by atoms with van der Waals surface area (Å²) in [5, 5.41) is 9.28. The number of thioether (sulfide) groups is 1. The van der Waals surface area contributed by atoms with Gasteiger partial charge in [0.25, 0.3) is 5.91 Å². The standard InChI is InChI=1S/C21H27NO5.C9H18N2O2S/c1-5-26-20(24)27-18-17(16-12-13(2)6-7-14(16)3)19(23)22-21(18)10-8-15(25-4)9-11-21;1-9(2,3)7(6-14-5)11-13-8(12)10-4/h6-7,12,15H,5,8-11H2,1-4H3,(H,22,23);6H2,1-5H3,(H,10,12). The van der Waals surface area contributed by atoms with E-state index in [1.807, 2.05) is 59.1 Å². The molecule has 0 saturated heterocycles. The summed E-state index contributed by atoms with van der Waals surface area (Å²) in [6.07, 6.45) is 3.70. The summed E-state index contributed by atoms with van der Waals surface area (Å²) in [7, 11) is 3.20. The summed E-state index contributed by atoms with van der Waals surface area (Å²) in [4.78, 5) is 40.6. The van der Waals surface area contributed by atoms with Crippen LogP contribution in [0, 0.1) is 19.3 Å². The first kappa shape index (κ1) is 34.2. The second kappa shape index (κ2) is 15.3. The molecule has 0 bridgehead atoms. The molecule has 11 heteroatoms. The lowest BCUT2D eigenvalue weighted by atomic mass is 9.79. The number of amides is 2. The van der Waals surface area contributed by atoms with Gasteiger partial charge in [-0.1, -0.05) is 49.7 Å². The maximum atomic E-state index is 13.0. The average Bonchev–Trinajstić information content (AvgIpc) is 3.17. The first-order valence-electron chi connectivity index (χ1n) is 13.8. The molecule has 0 aromatic heterocycles. The molecule has 1 aromatic rings. The van der Waals surface area contributed by atoms with Gasteiger partial charge in [0, 0.05) is 25.3 Å². The van der Waals surface area contributed by atoms with Crippen LogP contribution in [0.3, 0.4) is 0 Å². The Morgan fingerprint density at radius 2 is 1.85 bits per heavy atom. The van der Waals surface area contributed by atoms with E-state index in [-0.39, 0.29) is 24.0 Å². The monoisotopic (exact) mass is 591 g/mol. The van der Waals surface area contributed by atoms with Gasteiger partial charge in [-0.25, -0.2) is 9.59 Å². The first-order valence-corrected chi connectivity index (χ1v) is 15.2. The number of nitrogens with one attached hydrogen (secondary N) is 2. The molecule has 1 aliphatic heterocycles. The summed E-state index contributed by atoms with van der Waals surface area (Å²) in [5.74, 6) is 0.939. The Morgan fingerprint density at radius 3 is 2.39 bits per heavy atom. The Kier molecular flexibility index (Phi) is 12.7. The van der Waals surface area contributed by atoms with Gasteiger partial charge in [0.15, 0.2) is 0 Å². The molecule has 1 aromatic carbocycles. The van der Waals surface area contributed by atoms with Gasteiger partial charge in [-0.05, 0) is 63.8 Å². The summed E-state index contributed by atoms with van der Waals surface area (Å²) in [5.41, 5.74) is 3.32. The van der Waals surface area contributed by atoms with Crippen molar-refractivity contribution in [1.82, 2.24) is 10.6 Å². The van der Waals surface area contributed by atoms with Crippen LogP contribution in [-0.4, -0.2) is 68.3 Å². The van der Waals surface area contributed by atoms with Crippen LogP contribution in [-0.2, 0) is 23.8 Å². The molecule has 2 aliphatic rings. The van der Waals surface area contributed by atoms with E-state index in [1.54, 1.807) is 25.8 Å². The van der Waals surface area contributed by atoms with E-state index in [1.165, 1.54) is 7.05 Å². The van der Waals surface area contributed by atoms with E-state index in [9.17, 15) is 14.4 Å². The van der Waals surface area contributed by atoms with Crippen LogP contribution in [0.2, 0.25) is 0 Å². The predicted molar refractivity (Wildman–Crippen MR) is 162 cm³/mol. The van der Waals surface area contributed by atoms with Crippen molar-refractivity contribution in [1.29, 1.82) is 0 Å². The minimum absolute atomic E-state index is 0.0724. The normalized spacial score (nSPS) is 20.7. The van der Waals surface area contributed by atoms with Crippen LogP contribution in [0.15, 0.2) is 29.1 Å². The molecular weight excluding hydrogens is 546 g/mol. The van der Waals surface area contributed by atoms with E-state index in [2.05, 4.69) is 20.6 Å². The maximum Gasteiger partial charge on any atom is 0.513 e. The molecule has 1 heterocycles. The zero-order chi connectivity index (χ0) is 30.8. The molecule has 3 rings (SSSR count). The third-order valence-corrected chi connectivity index (χ3v) is 7.62. The number of oxime groups is 1. The predicted octanol–water partition coefficient (Wildman–Crippen LogP) is 5.75. The van der Waals surface area contributed by atoms with Crippen molar-refractivity contribution in [2.24, 2.45) is 10.6 Å². The van der Waals surface area contributed by atoms with Gasteiger partial charge in [0.1, 0.15) is 5.76 Å². The molecule has 41 heavy (non-hydrogen) atoms. The van der Waals surface area contributed by atoms with Gasteiger partial charge < -0.3 is 24.8 Å². The summed E-state index contributed by atoms with van der Waals surface area (Å²) in [6.45, 7) is 12.0. The van der Waals surface area contributed by atoms with Gasteiger partial charge in [0.05, 0.1) is 29.5 Å². The minimum atomic E-state index is -0.778. The second-order valence-corrected chi connectivity index (χ2v) is 12.0. The van der Waals surface area contributed by atoms with Gasteiger partial charge in [-0.2, -0.15) is 11.8 Å². The Balaban J connectivity index is 0.000000357. The number of benzene rings is 1. The van der Waals surface area contributed by atoms with E-state index in [0.717, 1.165) is 41.0 Å². The van der Waals surface area contributed by atoms with Crippen molar-refractivity contribution < 1.29 is 33.4 Å². The molecule has 1 saturated carbocycles. The largest absolute Gasteiger partial charge is 0.513 e. The summed E-state index contributed by atoms with van der Waals surface area (Å²) < 4.78 is 16.1. The Morgan fingerprint density at radius 1 is 1.20 bits per heavy atom. The van der Waals surface area contributed by atoms with Gasteiger partial charge in [0.2, 0.25) is 0 Å². The van der Waals surface area contributed by atoms with Crippen molar-refractivity contribution in [3.63, 3.8) is 0 Å². The zero-order valence-corrected chi connectivity index (χ0v) is 26.6. The lowest BCUT2D eigenvalue weighted by Crippen LogP contribution is -2.49. The number of hydrogen-bond donors (Lipinski definition) is 2. The van der Waals surface area contributed by atoms with E-state index < -0.39 is 17.8 Å². The lowest BCUT2D eigenvalue weighted by molar-refractivity contribution is -0.116. The molecule has 0 radical (unpaired) electrons. The fourth-order valence-electron chi connectivity index (χ4n) is 4.64. The van der Waals surface area contributed by atoms with Crippen molar-refractivity contribution >= 4 is 41.2 Å². The topological polar surface area (TPSA) is 125 Å². The van der Waals surface area contributed by atoms with Crippen LogP contribution >= 0.6 is 11.8 Å². The molecule has 1 fully saturated rings. The molecule has 2 amide bonds. The highest BCUT2D eigenvalue weighted by molar-refractivity contribution is 7.99. The SMILES string of the molecule is CCOC(=O)OC1=C(c2cc(C)ccc2C)C(=O)NC12CCC(OC)CC2.CNC(=O)ON=C(CSC)C(C)(C)C. The van der Waals surface area contributed by atoms with Crippen molar-refractivity contribution in [3.8, 4) is 0 Å². The molecule has 10 nitrogen and oxygen atoms in total. The van der Waals surface area contributed by atoms with E-state index in [4.69, 9.17) is 14.2 Å². The molecule has 228 valence electrons. The molecule has 2 N–H and O–H groups in total. The van der Waals surface area contributed by atoms with Gasteiger partial charge in [-0.15, -0.1) is 0 Å². The Labute approximate surface area is 248 Å². The van der Waals surface area contributed by atoms with Gasteiger partial charge in [-0.3, -0.25) is 9.63 Å². The smallest absolute Gasteiger partial charge is 0.434 e. The molecule has 0 unspecified atom stereocenters. The molecular formula is C30H45N3O7S. The number of rotatable bonds is 7. The number of methoxy groups -OCH3 is 1. The van der Waals surface area contributed by atoms with Crippen LogP contribution in [0.1, 0.15) is 70.1 Å². The highest BCUT2D eigenvalue weighted by Crippen LogP contribution is 2.44. The maximum absolute atomic E-state index is 13.0. The van der Waals surface area contributed by atoms with Gasteiger partial charge >= 0.3 is 12.2 Å². The Bertz CT molecular complexity index is 1150. The number of carbonyl (C=O) groups is 3. The first-order chi connectivity index (χ1) is 19.3. The lowest BCUT2D eigenvalue weighted by Gasteiger charge is -2.37. The quantitative estimate of drug-likeness (QED) is 0.178. The number of hydrogen-bond acceptors (Lipinski definition) is 9. The average molecular weight is 592 g/mol. The Hall–Kier alpha value is -3.05. The summed E-state index contributed by atoms with van der Waals surface area (Å²) >= 11 is 1.65. The van der Waals surface area contributed by atoms with Crippen molar-refractivity contribution in [3.05, 3.63) is 40.6 Å².